The number of hydrogen-bond donors (Lipinski definition) is 1. The van der Waals surface area contributed by atoms with E-state index in [0.29, 0.717) is 16.8 Å². The van der Waals surface area contributed by atoms with E-state index in [4.69, 9.17) is 17.3 Å². The van der Waals surface area contributed by atoms with E-state index >= 15 is 0 Å². The summed E-state index contributed by atoms with van der Waals surface area (Å²) in [5, 5.41) is 0.252. The summed E-state index contributed by atoms with van der Waals surface area (Å²) in [5.41, 5.74) is 6.98. The highest BCUT2D eigenvalue weighted by molar-refractivity contribution is 6.29. The van der Waals surface area contributed by atoms with Crippen molar-refractivity contribution in [2.24, 2.45) is 5.73 Å². The molecule has 0 aliphatic carbocycles. The largest absolute Gasteiger partial charge is 0.465 e. The lowest BCUT2D eigenvalue weighted by Gasteiger charge is -2.07. The fraction of sp³-hybridized carbons (Fsp3) is 0.0714. The zero-order valence-electron chi connectivity index (χ0n) is 10.6. The number of halogens is 1. The molecule has 1 aromatic carbocycles. The maximum Gasteiger partial charge on any atom is 0.337 e. The first-order valence-electron chi connectivity index (χ1n) is 5.68. The SMILES string of the molecule is COC(=O)c1ccc(-c2nc(Cl)ccc2C(N)=O)cc1. The monoisotopic (exact) mass is 290 g/mol. The summed E-state index contributed by atoms with van der Waals surface area (Å²) in [6.45, 7) is 0. The molecule has 2 rings (SSSR count). The molecule has 0 fully saturated rings. The van der Waals surface area contributed by atoms with Crippen molar-refractivity contribution >= 4 is 23.5 Å². The van der Waals surface area contributed by atoms with Gasteiger partial charge in [-0.05, 0) is 24.3 Å². The molecule has 0 spiro atoms. The molecule has 102 valence electrons. The van der Waals surface area contributed by atoms with Crippen molar-refractivity contribution in [1.82, 2.24) is 4.98 Å². The van der Waals surface area contributed by atoms with Crippen molar-refractivity contribution in [1.29, 1.82) is 0 Å². The van der Waals surface area contributed by atoms with Crippen LogP contribution in [-0.4, -0.2) is 24.0 Å². The van der Waals surface area contributed by atoms with Gasteiger partial charge in [-0.1, -0.05) is 23.7 Å². The van der Waals surface area contributed by atoms with E-state index in [-0.39, 0.29) is 10.7 Å². The van der Waals surface area contributed by atoms with Gasteiger partial charge in [0.1, 0.15) is 5.15 Å². The van der Waals surface area contributed by atoms with Crippen molar-refractivity contribution in [2.45, 2.75) is 0 Å². The van der Waals surface area contributed by atoms with Gasteiger partial charge in [0.05, 0.1) is 23.9 Å². The summed E-state index contributed by atoms with van der Waals surface area (Å²) in [6.07, 6.45) is 0. The van der Waals surface area contributed by atoms with Gasteiger partial charge in [-0.2, -0.15) is 0 Å². The molecule has 1 amide bonds. The standard InChI is InChI=1S/C14H11ClN2O3/c1-20-14(19)9-4-2-8(3-5-9)12-10(13(16)18)6-7-11(15)17-12/h2-7H,1H3,(H2,16,18). The predicted octanol–water partition coefficient (Wildman–Crippen LogP) is 2.29. The number of ether oxygens (including phenoxy) is 1. The fourth-order valence-electron chi connectivity index (χ4n) is 1.74. The predicted molar refractivity (Wildman–Crippen MR) is 74.5 cm³/mol. The molecule has 0 atom stereocenters. The third-order valence-corrected chi connectivity index (χ3v) is 2.92. The Balaban J connectivity index is 2.48. The minimum absolute atomic E-state index is 0.252. The summed E-state index contributed by atoms with van der Waals surface area (Å²) in [7, 11) is 1.31. The minimum Gasteiger partial charge on any atom is -0.465 e. The third-order valence-electron chi connectivity index (χ3n) is 2.71. The second-order valence-corrected chi connectivity index (χ2v) is 4.35. The number of carbonyl (C=O) groups is 2. The first-order chi connectivity index (χ1) is 9.52. The number of methoxy groups -OCH3 is 1. The van der Waals surface area contributed by atoms with Crippen molar-refractivity contribution in [3.8, 4) is 11.3 Å². The van der Waals surface area contributed by atoms with Crippen LogP contribution in [0.4, 0.5) is 0 Å². The molecule has 0 unspecified atom stereocenters. The Morgan fingerprint density at radius 3 is 2.35 bits per heavy atom. The average Bonchev–Trinajstić information content (AvgIpc) is 2.46. The number of aromatic nitrogens is 1. The van der Waals surface area contributed by atoms with Gasteiger partial charge in [-0.25, -0.2) is 9.78 Å². The van der Waals surface area contributed by atoms with Gasteiger partial charge >= 0.3 is 5.97 Å². The highest BCUT2D eigenvalue weighted by Crippen LogP contribution is 2.24. The first-order valence-corrected chi connectivity index (χ1v) is 6.06. The Hall–Kier alpha value is -2.40. The molecule has 1 aromatic heterocycles. The van der Waals surface area contributed by atoms with E-state index in [1.807, 2.05) is 0 Å². The van der Waals surface area contributed by atoms with Crippen LogP contribution in [0.25, 0.3) is 11.3 Å². The van der Waals surface area contributed by atoms with E-state index in [2.05, 4.69) is 9.72 Å². The summed E-state index contributed by atoms with van der Waals surface area (Å²) < 4.78 is 4.61. The molecule has 0 saturated heterocycles. The van der Waals surface area contributed by atoms with E-state index in [1.54, 1.807) is 24.3 Å². The van der Waals surface area contributed by atoms with E-state index in [1.165, 1.54) is 19.2 Å². The highest BCUT2D eigenvalue weighted by atomic mass is 35.5. The normalized spacial score (nSPS) is 10.1. The van der Waals surface area contributed by atoms with Crippen LogP contribution < -0.4 is 5.73 Å². The van der Waals surface area contributed by atoms with Gasteiger partial charge in [-0.3, -0.25) is 4.79 Å². The van der Waals surface area contributed by atoms with Crippen LogP contribution in [0.2, 0.25) is 5.15 Å². The van der Waals surface area contributed by atoms with Crippen LogP contribution >= 0.6 is 11.6 Å². The molecule has 2 N–H and O–H groups in total. The Bertz CT molecular complexity index is 669. The first kappa shape index (κ1) is 14.0. The molecule has 0 aliphatic rings. The number of amides is 1. The second kappa shape index (κ2) is 5.71. The molecular formula is C14H11ClN2O3. The molecular weight excluding hydrogens is 280 g/mol. The van der Waals surface area contributed by atoms with Crippen molar-refractivity contribution in [2.75, 3.05) is 7.11 Å². The molecule has 0 aliphatic heterocycles. The number of esters is 1. The second-order valence-electron chi connectivity index (χ2n) is 3.96. The number of hydrogen-bond acceptors (Lipinski definition) is 4. The molecule has 5 nitrogen and oxygen atoms in total. The number of primary amides is 1. The molecule has 0 radical (unpaired) electrons. The number of nitrogens with two attached hydrogens (primary N) is 1. The molecule has 1 heterocycles. The van der Waals surface area contributed by atoms with Crippen molar-refractivity contribution in [3.63, 3.8) is 0 Å². The summed E-state index contributed by atoms with van der Waals surface area (Å²) in [5.74, 6) is -1.04. The van der Waals surface area contributed by atoms with Gasteiger partial charge < -0.3 is 10.5 Å². The van der Waals surface area contributed by atoms with Gasteiger partial charge in [0.25, 0.3) is 5.91 Å². The minimum atomic E-state index is -0.596. The van der Waals surface area contributed by atoms with Crippen LogP contribution in [0, 0.1) is 0 Å². The average molecular weight is 291 g/mol. The van der Waals surface area contributed by atoms with E-state index < -0.39 is 11.9 Å². The van der Waals surface area contributed by atoms with Gasteiger partial charge in [0.2, 0.25) is 0 Å². The number of carbonyl (C=O) groups excluding carboxylic acids is 2. The summed E-state index contributed by atoms with van der Waals surface area (Å²) >= 11 is 5.84. The van der Waals surface area contributed by atoms with Gasteiger partial charge in [0.15, 0.2) is 0 Å². The van der Waals surface area contributed by atoms with Gasteiger partial charge in [0, 0.05) is 5.56 Å². The van der Waals surface area contributed by atoms with Crippen molar-refractivity contribution in [3.05, 3.63) is 52.7 Å². The van der Waals surface area contributed by atoms with Crippen molar-refractivity contribution < 1.29 is 14.3 Å². The molecule has 20 heavy (non-hydrogen) atoms. The van der Waals surface area contributed by atoms with E-state index in [0.717, 1.165) is 0 Å². The molecule has 6 heteroatoms. The number of benzene rings is 1. The smallest absolute Gasteiger partial charge is 0.337 e. The number of rotatable bonds is 3. The number of pyridine rings is 1. The van der Waals surface area contributed by atoms with Crippen LogP contribution in [0.1, 0.15) is 20.7 Å². The zero-order chi connectivity index (χ0) is 14.7. The number of nitrogens with zero attached hydrogens (tertiary/aromatic N) is 1. The van der Waals surface area contributed by atoms with Crippen LogP contribution in [0.5, 0.6) is 0 Å². The fourth-order valence-corrected chi connectivity index (χ4v) is 1.88. The topological polar surface area (TPSA) is 82.3 Å². The summed E-state index contributed by atoms with van der Waals surface area (Å²) in [6, 6.07) is 9.47. The Labute approximate surface area is 120 Å². The lowest BCUT2D eigenvalue weighted by Crippen LogP contribution is -2.13. The molecule has 2 aromatic rings. The van der Waals surface area contributed by atoms with Crippen LogP contribution in [0.15, 0.2) is 36.4 Å². The Morgan fingerprint density at radius 2 is 1.80 bits per heavy atom. The maximum atomic E-state index is 11.4. The van der Waals surface area contributed by atoms with E-state index in [9.17, 15) is 9.59 Å². The molecule has 0 bridgehead atoms. The summed E-state index contributed by atoms with van der Waals surface area (Å²) in [4.78, 5) is 26.9. The Kier molecular flexibility index (Phi) is 4.00. The lowest BCUT2D eigenvalue weighted by molar-refractivity contribution is 0.0600. The van der Waals surface area contributed by atoms with Crippen LogP contribution in [0.3, 0.4) is 0 Å². The zero-order valence-corrected chi connectivity index (χ0v) is 11.3. The quantitative estimate of drug-likeness (QED) is 0.694. The third kappa shape index (κ3) is 2.78. The maximum absolute atomic E-state index is 11.4. The van der Waals surface area contributed by atoms with Crippen LogP contribution in [-0.2, 0) is 4.74 Å². The highest BCUT2D eigenvalue weighted by Gasteiger charge is 2.13. The Morgan fingerprint density at radius 1 is 1.15 bits per heavy atom. The molecule has 0 saturated carbocycles. The van der Waals surface area contributed by atoms with Gasteiger partial charge in [-0.15, -0.1) is 0 Å². The lowest BCUT2D eigenvalue weighted by atomic mass is 10.0.